The normalized spacial score (nSPS) is 12.2. The lowest BCUT2D eigenvalue weighted by molar-refractivity contribution is -0.119. The van der Waals surface area contributed by atoms with Crippen LogP contribution >= 0.6 is 23.1 Å². The molecule has 26 heavy (non-hydrogen) atoms. The zero-order valence-corrected chi connectivity index (χ0v) is 16.3. The molecule has 8 heteroatoms. The molecule has 0 spiro atoms. The lowest BCUT2D eigenvalue weighted by atomic mass is 10.1. The van der Waals surface area contributed by atoms with E-state index < -0.39 is 0 Å². The van der Waals surface area contributed by atoms with Gasteiger partial charge < -0.3 is 5.32 Å². The molecule has 0 bridgehead atoms. The molecule has 3 heterocycles. The Balaban J connectivity index is 1.70. The molecular weight excluding hydrogens is 368 g/mol. The number of aromatic nitrogens is 3. The summed E-state index contributed by atoms with van der Waals surface area (Å²) in [6.07, 6.45) is 3.50. The maximum atomic E-state index is 12.4. The van der Waals surface area contributed by atoms with Gasteiger partial charge in [-0.05, 0) is 30.0 Å². The number of carbonyl (C=O) groups excluding carboxylic acids is 1. The van der Waals surface area contributed by atoms with Gasteiger partial charge in [-0.2, -0.15) is 0 Å². The number of thiophene rings is 1. The highest BCUT2D eigenvalue weighted by atomic mass is 32.2. The van der Waals surface area contributed by atoms with Gasteiger partial charge in [-0.15, -0.1) is 11.3 Å². The molecule has 1 N–H and O–H groups in total. The first kappa shape index (κ1) is 18.6. The Bertz CT molecular complexity index is 953. The number of nitrogens with zero attached hydrogens (tertiary/aromatic N) is 3. The lowest BCUT2D eigenvalue weighted by Crippen LogP contribution is -2.30. The van der Waals surface area contributed by atoms with Crippen LogP contribution in [0.1, 0.15) is 30.7 Å². The number of nitrogens with one attached hydrogen (secondary N) is 1. The van der Waals surface area contributed by atoms with Gasteiger partial charge in [-0.1, -0.05) is 31.2 Å². The van der Waals surface area contributed by atoms with Crippen molar-refractivity contribution in [3.63, 3.8) is 0 Å². The van der Waals surface area contributed by atoms with E-state index in [1.54, 1.807) is 36.7 Å². The molecule has 1 unspecified atom stereocenters. The number of pyridine rings is 1. The summed E-state index contributed by atoms with van der Waals surface area (Å²) in [5.74, 6) is 0.0524. The Hall–Kier alpha value is -2.19. The molecule has 0 aliphatic rings. The predicted molar refractivity (Wildman–Crippen MR) is 106 cm³/mol. The minimum absolute atomic E-state index is 0.0182. The van der Waals surface area contributed by atoms with Gasteiger partial charge in [0.1, 0.15) is 5.52 Å². The van der Waals surface area contributed by atoms with E-state index in [9.17, 15) is 9.59 Å². The van der Waals surface area contributed by atoms with Crippen LogP contribution in [0.3, 0.4) is 0 Å². The molecular formula is C18H20N4O2S2. The van der Waals surface area contributed by atoms with Gasteiger partial charge in [0.25, 0.3) is 5.56 Å². The van der Waals surface area contributed by atoms with Gasteiger partial charge in [0.05, 0.1) is 11.8 Å². The Morgan fingerprint density at radius 2 is 2.23 bits per heavy atom. The highest BCUT2D eigenvalue weighted by Gasteiger charge is 2.16. The monoisotopic (exact) mass is 388 g/mol. The fourth-order valence-electron chi connectivity index (χ4n) is 2.66. The Kier molecular flexibility index (Phi) is 6.05. The molecule has 0 radical (unpaired) electrons. The number of thioether (sulfide) groups is 1. The van der Waals surface area contributed by atoms with Crippen molar-refractivity contribution in [2.75, 3.05) is 5.75 Å². The van der Waals surface area contributed by atoms with Crippen molar-refractivity contribution >= 4 is 40.2 Å². The minimum atomic E-state index is -0.239. The standard InChI is InChI=1S/C18H20N4O2S2/c1-3-6-12(14-8-5-10-25-14)20-15(23)11-26-17-18(24)22(2)16-13(21-17)7-4-9-19-16/h4-5,7-10,12H,3,6,11H2,1-2H3,(H,20,23). The lowest BCUT2D eigenvalue weighted by Gasteiger charge is -2.16. The van der Waals surface area contributed by atoms with E-state index in [0.29, 0.717) is 16.2 Å². The van der Waals surface area contributed by atoms with Crippen molar-refractivity contribution < 1.29 is 4.79 Å². The summed E-state index contributed by atoms with van der Waals surface area (Å²) >= 11 is 2.80. The summed E-state index contributed by atoms with van der Waals surface area (Å²) in [7, 11) is 1.66. The highest BCUT2D eigenvalue weighted by molar-refractivity contribution is 7.99. The van der Waals surface area contributed by atoms with Gasteiger partial charge in [-0.25, -0.2) is 9.97 Å². The topological polar surface area (TPSA) is 76.9 Å². The van der Waals surface area contributed by atoms with Crippen molar-refractivity contribution in [1.29, 1.82) is 0 Å². The molecule has 136 valence electrons. The molecule has 0 saturated carbocycles. The van der Waals surface area contributed by atoms with Crippen LogP contribution in [0.5, 0.6) is 0 Å². The van der Waals surface area contributed by atoms with E-state index in [-0.39, 0.29) is 23.3 Å². The number of carbonyl (C=O) groups is 1. The van der Waals surface area contributed by atoms with E-state index >= 15 is 0 Å². The molecule has 3 rings (SSSR count). The van der Waals surface area contributed by atoms with Crippen LogP contribution in [0.2, 0.25) is 0 Å². The third-order valence-electron chi connectivity index (χ3n) is 3.93. The van der Waals surface area contributed by atoms with Crippen molar-refractivity contribution in [1.82, 2.24) is 19.9 Å². The number of amides is 1. The smallest absolute Gasteiger partial charge is 0.284 e. The second kappa shape index (κ2) is 8.46. The van der Waals surface area contributed by atoms with Gasteiger partial charge >= 0.3 is 0 Å². The van der Waals surface area contributed by atoms with Crippen molar-refractivity contribution in [2.45, 2.75) is 30.8 Å². The van der Waals surface area contributed by atoms with Crippen molar-refractivity contribution in [3.05, 3.63) is 51.1 Å². The van der Waals surface area contributed by atoms with E-state index in [2.05, 4.69) is 22.2 Å². The van der Waals surface area contributed by atoms with Gasteiger partial charge in [0.15, 0.2) is 10.7 Å². The van der Waals surface area contributed by atoms with Gasteiger partial charge in [-0.3, -0.25) is 14.2 Å². The molecule has 0 saturated heterocycles. The van der Waals surface area contributed by atoms with Crippen LogP contribution in [-0.4, -0.2) is 26.2 Å². The first-order valence-electron chi connectivity index (χ1n) is 8.37. The number of fused-ring (bicyclic) bond motifs is 1. The summed E-state index contributed by atoms with van der Waals surface area (Å²) in [5.41, 5.74) is 0.935. The summed E-state index contributed by atoms with van der Waals surface area (Å²) in [5, 5.41) is 5.38. The molecule has 1 amide bonds. The van der Waals surface area contributed by atoms with E-state index in [1.165, 1.54) is 4.57 Å². The summed E-state index contributed by atoms with van der Waals surface area (Å²) < 4.78 is 1.47. The molecule has 0 aromatic carbocycles. The third-order valence-corrected chi connectivity index (χ3v) is 5.86. The maximum Gasteiger partial charge on any atom is 0.284 e. The molecule has 0 aliphatic heterocycles. The molecule has 3 aromatic rings. The predicted octanol–water partition coefficient (Wildman–Crippen LogP) is 3.14. The Morgan fingerprint density at radius 3 is 2.96 bits per heavy atom. The van der Waals surface area contributed by atoms with Crippen LogP contribution in [0, 0.1) is 0 Å². The minimum Gasteiger partial charge on any atom is -0.348 e. The first-order chi connectivity index (χ1) is 12.6. The second-order valence-corrected chi connectivity index (χ2v) is 7.78. The quantitative estimate of drug-likeness (QED) is 0.629. The fraction of sp³-hybridized carbons (Fsp3) is 0.333. The van der Waals surface area contributed by atoms with Crippen LogP contribution in [0.25, 0.3) is 11.2 Å². The van der Waals surface area contributed by atoms with Crippen molar-refractivity contribution in [3.8, 4) is 0 Å². The second-order valence-electron chi connectivity index (χ2n) is 5.84. The van der Waals surface area contributed by atoms with Crippen LogP contribution in [-0.2, 0) is 11.8 Å². The maximum absolute atomic E-state index is 12.4. The van der Waals surface area contributed by atoms with Crippen molar-refractivity contribution in [2.24, 2.45) is 7.05 Å². The van der Waals surface area contributed by atoms with Gasteiger partial charge in [0.2, 0.25) is 5.91 Å². The summed E-state index contributed by atoms with van der Waals surface area (Å²) in [6.45, 7) is 2.10. The number of aryl methyl sites for hydroxylation is 1. The Morgan fingerprint density at radius 1 is 1.38 bits per heavy atom. The third kappa shape index (κ3) is 4.13. The van der Waals surface area contributed by atoms with Gasteiger partial charge in [0, 0.05) is 18.1 Å². The zero-order valence-electron chi connectivity index (χ0n) is 14.6. The molecule has 6 nitrogen and oxygen atoms in total. The number of hydrogen-bond acceptors (Lipinski definition) is 6. The summed E-state index contributed by atoms with van der Waals surface area (Å²) in [4.78, 5) is 34.5. The number of rotatable bonds is 7. The van der Waals surface area contributed by atoms with Crippen LogP contribution in [0.4, 0.5) is 0 Å². The fourth-order valence-corrected chi connectivity index (χ4v) is 4.25. The highest BCUT2D eigenvalue weighted by Crippen LogP contribution is 2.23. The average Bonchev–Trinajstić information content (AvgIpc) is 3.18. The molecule has 1 atom stereocenters. The molecule has 0 fully saturated rings. The van der Waals surface area contributed by atoms with E-state index in [4.69, 9.17) is 0 Å². The van der Waals surface area contributed by atoms with E-state index in [0.717, 1.165) is 29.5 Å². The van der Waals surface area contributed by atoms with Crippen LogP contribution < -0.4 is 10.9 Å². The zero-order chi connectivity index (χ0) is 18.5. The molecule has 3 aromatic heterocycles. The molecule has 0 aliphatic carbocycles. The summed E-state index contributed by atoms with van der Waals surface area (Å²) in [6, 6.07) is 7.62. The van der Waals surface area contributed by atoms with Crippen LogP contribution in [0.15, 0.2) is 45.7 Å². The SMILES string of the molecule is CCCC(NC(=O)CSc1nc2cccnc2n(C)c1=O)c1cccs1. The average molecular weight is 389 g/mol. The van der Waals surface area contributed by atoms with E-state index in [1.807, 2.05) is 17.5 Å². The number of hydrogen-bond donors (Lipinski definition) is 1. The largest absolute Gasteiger partial charge is 0.348 e. The first-order valence-corrected chi connectivity index (χ1v) is 10.2. The Labute approximate surface area is 159 Å².